The number of hydrogen-bond acceptors (Lipinski definition) is 3. The largest absolute Gasteiger partial charge is 0.368 e. The standard InChI is InChI=1S/C18H22N2O3/c21-17(12-13-4-1-2-5-13)19-14-7-9-15(10-8-14)20-18(22)16-6-3-11-23-16/h1,4,7-10,13,16H,2-3,5-6,11-12H2,(H,19,21)(H,20,22)/t13-,16-/m1/s1. The minimum atomic E-state index is -0.339. The molecule has 0 saturated carbocycles. The summed E-state index contributed by atoms with van der Waals surface area (Å²) < 4.78 is 5.35. The van der Waals surface area contributed by atoms with Crippen LogP contribution in [0.15, 0.2) is 36.4 Å². The molecule has 1 fully saturated rings. The molecular weight excluding hydrogens is 292 g/mol. The molecule has 23 heavy (non-hydrogen) atoms. The second kappa shape index (κ2) is 7.42. The maximum atomic E-state index is 12.0. The van der Waals surface area contributed by atoms with E-state index in [4.69, 9.17) is 4.74 Å². The van der Waals surface area contributed by atoms with Crippen molar-refractivity contribution in [3.05, 3.63) is 36.4 Å². The van der Waals surface area contributed by atoms with Gasteiger partial charge in [0.2, 0.25) is 5.91 Å². The van der Waals surface area contributed by atoms with Gasteiger partial charge in [0, 0.05) is 24.4 Å². The Morgan fingerprint density at radius 1 is 1.09 bits per heavy atom. The van der Waals surface area contributed by atoms with Gasteiger partial charge in [-0.15, -0.1) is 0 Å². The third kappa shape index (κ3) is 4.42. The van der Waals surface area contributed by atoms with Crippen LogP contribution in [0.3, 0.4) is 0 Å². The highest BCUT2D eigenvalue weighted by Gasteiger charge is 2.23. The molecule has 1 aliphatic carbocycles. The summed E-state index contributed by atoms with van der Waals surface area (Å²) >= 11 is 0. The Morgan fingerprint density at radius 2 is 1.83 bits per heavy atom. The second-order valence-electron chi connectivity index (χ2n) is 6.09. The Morgan fingerprint density at radius 3 is 2.43 bits per heavy atom. The minimum Gasteiger partial charge on any atom is -0.368 e. The Kier molecular flexibility index (Phi) is 5.08. The summed E-state index contributed by atoms with van der Waals surface area (Å²) in [5, 5.41) is 5.73. The lowest BCUT2D eigenvalue weighted by Gasteiger charge is -2.12. The quantitative estimate of drug-likeness (QED) is 0.821. The van der Waals surface area contributed by atoms with Gasteiger partial charge in [0.25, 0.3) is 5.91 Å². The summed E-state index contributed by atoms with van der Waals surface area (Å²) in [6.07, 6.45) is 8.25. The lowest BCUT2D eigenvalue weighted by atomic mass is 10.1. The van der Waals surface area contributed by atoms with Crippen LogP contribution in [0.4, 0.5) is 11.4 Å². The number of nitrogens with one attached hydrogen (secondary N) is 2. The molecule has 2 atom stereocenters. The molecule has 2 aliphatic rings. The van der Waals surface area contributed by atoms with Gasteiger partial charge in [0.15, 0.2) is 0 Å². The molecule has 0 radical (unpaired) electrons. The van der Waals surface area contributed by atoms with E-state index < -0.39 is 0 Å². The summed E-state index contributed by atoms with van der Waals surface area (Å²) in [5.74, 6) is 0.282. The van der Waals surface area contributed by atoms with E-state index in [2.05, 4.69) is 22.8 Å². The van der Waals surface area contributed by atoms with Crippen LogP contribution in [-0.2, 0) is 14.3 Å². The molecule has 1 aromatic rings. The van der Waals surface area contributed by atoms with E-state index in [1.54, 1.807) is 24.3 Å². The number of allylic oxidation sites excluding steroid dienone is 2. The third-order valence-corrected chi connectivity index (χ3v) is 4.22. The molecule has 0 spiro atoms. The molecule has 0 aromatic heterocycles. The van der Waals surface area contributed by atoms with Gasteiger partial charge in [-0.05, 0) is 55.9 Å². The van der Waals surface area contributed by atoms with Crippen molar-refractivity contribution in [2.45, 2.75) is 38.2 Å². The van der Waals surface area contributed by atoms with E-state index in [-0.39, 0.29) is 17.9 Å². The number of hydrogen-bond donors (Lipinski definition) is 2. The summed E-state index contributed by atoms with van der Waals surface area (Å²) in [6.45, 7) is 0.652. The zero-order chi connectivity index (χ0) is 16.1. The summed E-state index contributed by atoms with van der Waals surface area (Å²) in [7, 11) is 0. The SMILES string of the molecule is O=C(C[C@@H]1C=CCC1)Nc1ccc(NC(=O)[C@H]2CCCO2)cc1. The van der Waals surface area contributed by atoms with Crippen molar-refractivity contribution in [2.75, 3.05) is 17.2 Å². The smallest absolute Gasteiger partial charge is 0.253 e. The van der Waals surface area contributed by atoms with Crippen molar-refractivity contribution in [3.8, 4) is 0 Å². The number of anilines is 2. The first-order valence-corrected chi connectivity index (χ1v) is 8.20. The molecule has 5 heteroatoms. The number of carbonyl (C=O) groups excluding carboxylic acids is 2. The normalized spacial score (nSPS) is 23.0. The third-order valence-electron chi connectivity index (χ3n) is 4.22. The molecule has 1 saturated heterocycles. The van der Waals surface area contributed by atoms with Crippen molar-refractivity contribution in [3.63, 3.8) is 0 Å². The maximum absolute atomic E-state index is 12.0. The fourth-order valence-electron chi connectivity index (χ4n) is 2.96. The van der Waals surface area contributed by atoms with Crippen LogP contribution in [0.5, 0.6) is 0 Å². The zero-order valence-corrected chi connectivity index (χ0v) is 13.1. The van der Waals surface area contributed by atoms with E-state index in [9.17, 15) is 9.59 Å². The lowest BCUT2D eigenvalue weighted by molar-refractivity contribution is -0.124. The number of ether oxygens (including phenoxy) is 1. The van der Waals surface area contributed by atoms with Crippen LogP contribution in [0, 0.1) is 5.92 Å². The van der Waals surface area contributed by atoms with Gasteiger partial charge in [-0.2, -0.15) is 0 Å². The average molecular weight is 314 g/mol. The fourth-order valence-corrected chi connectivity index (χ4v) is 2.96. The predicted octanol–water partition coefficient (Wildman–Crippen LogP) is 3.10. The first-order valence-electron chi connectivity index (χ1n) is 8.20. The van der Waals surface area contributed by atoms with Crippen molar-refractivity contribution in [1.82, 2.24) is 0 Å². The monoisotopic (exact) mass is 314 g/mol. The Labute approximate surface area is 136 Å². The fraction of sp³-hybridized carbons (Fsp3) is 0.444. The van der Waals surface area contributed by atoms with Crippen LogP contribution in [-0.4, -0.2) is 24.5 Å². The molecule has 1 aliphatic heterocycles. The minimum absolute atomic E-state index is 0.0256. The summed E-state index contributed by atoms with van der Waals surface area (Å²) in [4.78, 5) is 23.9. The molecule has 0 unspecified atom stereocenters. The number of benzene rings is 1. The van der Waals surface area contributed by atoms with Gasteiger partial charge in [-0.1, -0.05) is 12.2 Å². The van der Waals surface area contributed by atoms with Crippen molar-refractivity contribution in [1.29, 1.82) is 0 Å². The summed E-state index contributed by atoms with van der Waals surface area (Å²) in [5.41, 5.74) is 1.45. The molecule has 0 bridgehead atoms. The Bertz CT molecular complexity index is 589. The molecule has 5 nitrogen and oxygen atoms in total. The number of rotatable bonds is 5. The van der Waals surface area contributed by atoms with Crippen LogP contribution in [0.2, 0.25) is 0 Å². The topological polar surface area (TPSA) is 67.4 Å². The van der Waals surface area contributed by atoms with E-state index >= 15 is 0 Å². The van der Waals surface area contributed by atoms with E-state index in [1.807, 2.05) is 0 Å². The predicted molar refractivity (Wildman–Crippen MR) is 89.2 cm³/mol. The zero-order valence-electron chi connectivity index (χ0n) is 13.1. The van der Waals surface area contributed by atoms with Gasteiger partial charge in [-0.3, -0.25) is 9.59 Å². The highest BCUT2D eigenvalue weighted by molar-refractivity contribution is 5.95. The first-order chi connectivity index (χ1) is 11.2. The second-order valence-corrected chi connectivity index (χ2v) is 6.09. The average Bonchev–Trinajstić information content (AvgIpc) is 3.22. The molecular formula is C18H22N2O3. The Hall–Kier alpha value is -2.14. The van der Waals surface area contributed by atoms with E-state index in [0.717, 1.165) is 31.4 Å². The number of carbonyl (C=O) groups is 2. The highest BCUT2D eigenvalue weighted by atomic mass is 16.5. The number of amides is 2. The first kappa shape index (κ1) is 15.7. The van der Waals surface area contributed by atoms with Gasteiger partial charge < -0.3 is 15.4 Å². The summed E-state index contributed by atoms with van der Waals surface area (Å²) in [6, 6.07) is 7.18. The molecule has 1 aromatic carbocycles. The van der Waals surface area contributed by atoms with Gasteiger partial charge in [0.05, 0.1) is 0 Å². The van der Waals surface area contributed by atoms with E-state index in [1.165, 1.54) is 0 Å². The van der Waals surface area contributed by atoms with Gasteiger partial charge >= 0.3 is 0 Å². The molecule has 1 heterocycles. The Balaban J connectivity index is 1.49. The van der Waals surface area contributed by atoms with Crippen LogP contribution in [0.1, 0.15) is 32.1 Å². The molecule has 122 valence electrons. The molecule has 2 amide bonds. The highest BCUT2D eigenvalue weighted by Crippen LogP contribution is 2.22. The maximum Gasteiger partial charge on any atom is 0.253 e. The van der Waals surface area contributed by atoms with Crippen LogP contribution >= 0.6 is 0 Å². The van der Waals surface area contributed by atoms with E-state index in [0.29, 0.717) is 24.6 Å². The van der Waals surface area contributed by atoms with Gasteiger partial charge in [-0.25, -0.2) is 0 Å². The van der Waals surface area contributed by atoms with Crippen molar-refractivity contribution >= 4 is 23.2 Å². The van der Waals surface area contributed by atoms with Crippen LogP contribution < -0.4 is 10.6 Å². The lowest BCUT2D eigenvalue weighted by Crippen LogP contribution is -2.26. The van der Waals surface area contributed by atoms with Crippen LogP contribution in [0.25, 0.3) is 0 Å². The van der Waals surface area contributed by atoms with Crippen molar-refractivity contribution < 1.29 is 14.3 Å². The molecule has 3 rings (SSSR count). The van der Waals surface area contributed by atoms with Crippen molar-refractivity contribution in [2.24, 2.45) is 5.92 Å². The molecule has 2 N–H and O–H groups in total. The van der Waals surface area contributed by atoms with Gasteiger partial charge in [0.1, 0.15) is 6.10 Å².